The van der Waals surface area contributed by atoms with Gasteiger partial charge in [0.1, 0.15) is 11.4 Å². The minimum Gasteiger partial charge on any atom is -0.478 e. The molecule has 0 aliphatic heterocycles. The van der Waals surface area contributed by atoms with Gasteiger partial charge in [-0.1, -0.05) is 25.3 Å². The molecule has 8 nitrogen and oxygen atoms in total. The molecule has 1 heterocycles. The van der Waals surface area contributed by atoms with E-state index >= 15 is 0 Å². The zero-order valence-electron chi connectivity index (χ0n) is 22.5. The normalized spacial score (nSPS) is 16.6. The summed E-state index contributed by atoms with van der Waals surface area (Å²) in [4.78, 5) is 37.8. The maximum atomic E-state index is 13.7. The highest BCUT2D eigenvalue weighted by Crippen LogP contribution is 2.38. The first-order chi connectivity index (χ1) is 19.8. The van der Waals surface area contributed by atoms with Crippen molar-refractivity contribution >= 4 is 34.4 Å². The number of hydrogen-bond donors (Lipinski definition) is 3. The molecule has 4 aromatic rings. The zero-order chi connectivity index (χ0) is 28.6. The smallest absolute Gasteiger partial charge is 0.335 e. The van der Waals surface area contributed by atoms with Crippen LogP contribution in [0.15, 0.2) is 66.7 Å². The Hall–Kier alpha value is -4.53. The van der Waals surface area contributed by atoms with Crippen LogP contribution < -0.4 is 10.6 Å². The lowest BCUT2D eigenvalue weighted by atomic mass is 9.75. The fourth-order valence-electron chi connectivity index (χ4n) is 5.97. The summed E-state index contributed by atoms with van der Waals surface area (Å²) < 4.78 is 15.6. The summed E-state index contributed by atoms with van der Waals surface area (Å²) in [6.45, 7) is 0. The molecule has 2 saturated carbocycles. The summed E-state index contributed by atoms with van der Waals surface area (Å²) in [5.41, 5.74) is 2.48. The molecule has 0 bridgehead atoms. The second-order valence-corrected chi connectivity index (χ2v) is 11.1. The van der Waals surface area contributed by atoms with Gasteiger partial charge in [-0.15, -0.1) is 0 Å². The molecule has 3 N–H and O–H groups in total. The molecule has 210 valence electrons. The quantitative estimate of drug-likeness (QED) is 0.252. The third kappa shape index (κ3) is 5.19. The van der Waals surface area contributed by atoms with Gasteiger partial charge in [0.2, 0.25) is 5.91 Å². The standard InChI is InChI=1S/C32H31FN4O4/c33-23-10-14-25(15-11-23)37-28(20-5-2-1-3-6-20)26-16-9-22(19-27(26)36-37)29(38)35-32(17-4-18-32)31(41)34-24-12-7-21(8-13-24)30(39)40/h7-16,19-20H,1-6,17-18H2,(H,34,41)(H,35,38)(H,39,40). The van der Waals surface area contributed by atoms with E-state index in [1.807, 2.05) is 10.7 Å². The van der Waals surface area contributed by atoms with E-state index in [0.29, 0.717) is 35.5 Å². The molecule has 6 rings (SSSR count). The number of rotatable bonds is 7. The fourth-order valence-corrected chi connectivity index (χ4v) is 5.97. The van der Waals surface area contributed by atoms with Gasteiger partial charge in [-0.2, -0.15) is 5.10 Å². The van der Waals surface area contributed by atoms with Crippen molar-refractivity contribution in [1.29, 1.82) is 0 Å². The number of carboxylic acids is 1. The number of fused-ring (bicyclic) bond motifs is 1. The second-order valence-electron chi connectivity index (χ2n) is 11.1. The topological polar surface area (TPSA) is 113 Å². The first kappa shape index (κ1) is 26.7. The number of hydrogen-bond acceptors (Lipinski definition) is 4. The molecule has 0 saturated heterocycles. The monoisotopic (exact) mass is 554 g/mol. The lowest BCUT2D eigenvalue weighted by molar-refractivity contribution is -0.125. The van der Waals surface area contributed by atoms with Crippen molar-refractivity contribution in [3.8, 4) is 5.69 Å². The van der Waals surface area contributed by atoms with Gasteiger partial charge in [0.05, 0.1) is 22.5 Å². The minimum absolute atomic E-state index is 0.124. The highest BCUT2D eigenvalue weighted by atomic mass is 19.1. The summed E-state index contributed by atoms with van der Waals surface area (Å²) in [5, 5.41) is 20.7. The highest BCUT2D eigenvalue weighted by molar-refractivity contribution is 6.05. The lowest BCUT2D eigenvalue weighted by Gasteiger charge is -2.40. The van der Waals surface area contributed by atoms with Crippen LogP contribution in [-0.2, 0) is 4.79 Å². The summed E-state index contributed by atoms with van der Waals surface area (Å²) in [5.74, 6) is -1.73. The van der Waals surface area contributed by atoms with Crippen molar-refractivity contribution in [1.82, 2.24) is 15.1 Å². The minimum atomic E-state index is -1.05. The first-order valence-electron chi connectivity index (χ1n) is 14.1. The van der Waals surface area contributed by atoms with E-state index in [4.69, 9.17) is 10.2 Å². The van der Waals surface area contributed by atoms with Crippen molar-refractivity contribution in [3.63, 3.8) is 0 Å². The number of carbonyl (C=O) groups is 3. The van der Waals surface area contributed by atoms with Gasteiger partial charge in [-0.25, -0.2) is 13.9 Å². The lowest BCUT2D eigenvalue weighted by Crippen LogP contribution is -2.61. The van der Waals surface area contributed by atoms with Gasteiger partial charge in [0.25, 0.3) is 5.91 Å². The van der Waals surface area contributed by atoms with Crippen LogP contribution in [-0.4, -0.2) is 38.2 Å². The maximum Gasteiger partial charge on any atom is 0.335 e. The van der Waals surface area contributed by atoms with Gasteiger partial charge in [-0.05, 0) is 92.8 Å². The number of carbonyl (C=O) groups excluding carboxylic acids is 2. The van der Waals surface area contributed by atoms with Crippen molar-refractivity contribution in [2.24, 2.45) is 0 Å². The molecule has 2 aliphatic carbocycles. The van der Waals surface area contributed by atoms with E-state index in [1.54, 1.807) is 24.3 Å². The maximum absolute atomic E-state index is 13.7. The van der Waals surface area contributed by atoms with Crippen LogP contribution in [0.4, 0.5) is 10.1 Å². The Labute approximate surface area is 236 Å². The van der Waals surface area contributed by atoms with Crippen molar-refractivity contribution in [2.75, 3.05) is 5.32 Å². The van der Waals surface area contributed by atoms with E-state index in [9.17, 15) is 18.8 Å². The first-order valence-corrected chi connectivity index (χ1v) is 14.1. The van der Waals surface area contributed by atoms with Crippen LogP contribution in [0.25, 0.3) is 16.6 Å². The van der Waals surface area contributed by atoms with Crippen molar-refractivity contribution in [2.45, 2.75) is 62.8 Å². The van der Waals surface area contributed by atoms with Crippen LogP contribution in [0.5, 0.6) is 0 Å². The number of halogens is 1. The predicted octanol–water partition coefficient (Wildman–Crippen LogP) is 6.20. The van der Waals surface area contributed by atoms with E-state index in [0.717, 1.165) is 48.9 Å². The molecule has 41 heavy (non-hydrogen) atoms. The number of anilines is 1. The third-order valence-corrected chi connectivity index (χ3v) is 8.42. The summed E-state index contributed by atoms with van der Waals surface area (Å²) in [7, 11) is 0. The highest BCUT2D eigenvalue weighted by Gasteiger charge is 2.45. The molecule has 1 aromatic heterocycles. The summed E-state index contributed by atoms with van der Waals surface area (Å²) >= 11 is 0. The average Bonchev–Trinajstić information content (AvgIpc) is 3.34. The number of carboxylic acid groups (broad SMARTS) is 1. The molecule has 0 unspecified atom stereocenters. The van der Waals surface area contributed by atoms with Gasteiger partial charge in [0.15, 0.2) is 0 Å². The van der Waals surface area contributed by atoms with Gasteiger partial charge < -0.3 is 15.7 Å². The van der Waals surface area contributed by atoms with E-state index in [-0.39, 0.29) is 23.2 Å². The number of nitrogens with one attached hydrogen (secondary N) is 2. The molecule has 3 aromatic carbocycles. The number of benzene rings is 3. The molecule has 2 aliphatic rings. The molecular weight excluding hydrogens is 523 g/mol. The third-order valence-electron chi connectivity index (χ3n) is 8.42. The van der Waals surface area contributed by atoms with E-state index in [2.05, 4.69) is 10.6 Å². The second kappa shape index (κ2) is 10.8. The SMILES string of the molecule is O=C(O)c1ccc(NC(=O)C2(NC(=O)c3ccc4c(C5CCCCC5)n(-c5ccc(F)cc5)nc4c3)CCC2)cc1. The Kier molecular flexibility index (Phi) is 7.03. The average molecular weight is 555 g/mol. The van der Waals surface area contributed by atoms with Crippen molar-refractivity contribution < 1.29 is 23.9 Å². The zero-order valence-corrected chi connectivity index (χ0v) is 22.5. The molecule has 0 spiro atoms. The van der Waals surface area contributed by atoms with Crippen LogP contribution in [0.2, 0.25) is 0 Å². The van der Waals surface area contributed by atoms with Crippen LogP contribution >= 0.6 is 0 Å². The Morgan fingerprint density at radius 2 is 1.56 bits per heavy atom. The molecule has 2 amide bonds. The largest absolute Gasteiger partial charge is 0.478 e. The van der Waals surface area contributed by atoms with Crippen LogP contribution in [0.3, 0.4) is 0 Å². The van der Waals surface area contributed by atoms with E-state index < -0.39 is 11.5 Å². The Bertz CT molecular complexity index is 1620. The molecular formula is C32H31FN4O4. The molecule has 0 atom stereocenters. The fraction of sp³-hybridized carbons (Fsp3) is 0.312. The predicted molar refractivity (Wildman–Crippen MR) is 153 cm³/mol. The van der Waals surface area contributed by atoms with Gasteiger partial charge in [0, 0.05) is 22.6 Å². The Morgan fingerprint density at radius 3 is 2.20 bits per heavy atom. The Morgan fingerprint density at radius 1 is 0.878 bits per heavy atom. The number of aromatic carboxylic acids is 1. The number of nitrogens with zero attached hydrogens (tertiary/aromatic N) is 2. The Balaban J connectivity index is 1.26. The van der Waals surface area contributed by atoms with Crippen molar-refractivity contribution in [3.05, 3.63) is 89.4 Å². The van der Waals surface area contributed by atoms with Crippen LogP contribution in [0.1, 0.15) is 83.7 Å². The van der Waals surface area contributed by atoms with Gasteiger partial charge in [-0.3, -0.25) is 9.59 Å². The molecule has 2 fully saturated rings. The molecule has 0 radical (unpaired) electrons. The summed E-state index contributed by atoms with van der Waals surface area (Å²) in [6.07, 6.45) is 7.44. The summed E-state index contributed by atoms with van der Waals surface area (Å²) in [6, 6.07) is 17.7. The molecule has 9 heteroatoms. The van der Waals surface area contributed by atoms with E-state index in [1.165, 1.54) is 42.8 Å². The number of aromatic nitrogens is 2. The van der Waals surface area contributed by atoms with Crippen LogP contribution in [0, 0.1) is 5.82 Å². The van der Waals surface area contributed by atoms with Gasteiger partial charge >= 0.3 is 5.97 Å². The number of amides is 2.